The number of carbonyl (C=O) groups excluding carboxylic acids is 1. The van der Waals surface area contributed by atoms with Gasteiger partial charge in [0.15, 0.2) is 0 Å². The van der Waals surface area contributed by atoms with Crippen molar-refractivity contribution in [2.24, 2.45) is 0 Å². The molecule has 1 N–H and O–H groups in total. The zero-order valence-corrected chi connectivity index (χ0v) is 10.4. The van der Waals surface area contributed by atoms with E-state index in [9.17, 15) is 10.0 Å². The molecule has 17 heavy (non-hydrogen) atoms. The molecule has 0 aliphatic carbocycles. The molecule has 1 aromatic heterocycles. The van der Waals surface area contributed by atoms with Crippen LogP contribution in [0.15, 0.2) is 12.1 Å². The van der Waals surface area contributed by atoms with Crippen molar-refractivity contribution in [2.75, 3.05) is 26.2 Å². The van der Waals surface area contributed by atoms with Crippen LogP contribution in [-0.4, -0.2) is 52.2 Å². The monoisotopic (exact) mass is 275 g/mol. The first kappa shape index (κ1) is 12.6. The molecule has 0 unspecified atom stereocenters. The van der Waals surface area contributed by atoms with Crippen LogP contribution in [0.2, 0.25) is 10.2 Å². The van der Waals surface area contributed by atoms with E-state index in [2.05, 4.69) is 4.98 Å². The van der Waals surface area contributed by atoms with Gasteiger partial charge in [0.25, 0.3) is 5.91 Å². The van der Waals surface area contributed by atoms with Gasteiger partial charge in [0, 0.05) is 31.2 Å². The lowest BCUT2D eigenvalue weighted by Crippen LogP contribution is -2.47. The molecule has 1 saturated heterocycles. The Morgan fingerprint density at radius 1 is 1.24 bits per heavy atom. The van der Waals surface area contributed by atoms with Crippen LogP contribution in [0, 0.1) is 0 Å². The van der Waals surface area contributed by atoms with Gasteiger partial charge >= 0.3 is 0 Å². The molecule has 0 bridgehead atoms. The van der Waals surface area contributed by atoms with Crippen LogP contribution in [0.3, 0.4) is 0 Å². The highest BCUT2D eigenvalue weighted by atomic mass is 35.5. The predicted molar refractivity (Wildman–Crippen MR) is 63.5 cm³/mol. The lowest BCUT2D eigenvalue weighted by molar-refractivity contribution is -0.112. The van der Waals surface area contributed by atoms with Crippen LogP contribution >= 0.6 is 23.2 Å². The molecule has 0 atom stereocenters. The van der Waals surface area contributed by atoms with Crippen LogP contribution in [0.1, 0.15) is 10.5 Å². The van der Waals surface area contributed by atoms with Crippen molar-refractivity contribution in [1.29, 1.82) is 0 Å². The number of hydrogen-bond acceptors (Lipinski definition) is 4. The Morgan fingerprint density at radius 3 is 2.47 bits per heavy atom. The molecule has 0 aromatic carbocycles. The summed E-state index contributed by atoms with van der Waals surface area (Å²) in [4.78, 5) is 17.6. The van der Waals surface area contributed by atoms with Gasteiger partial charge < -0.3 is 10.1 Å². The number of halogens is 2. The van der Waals surface area contributed by atoms with Gasteiger partial charge in [0.1, 0.15) is 10.8 Å². The number of amides is 1. The number of aromatic nitrogens is 1. The van der Waals surface area contributed by atoms with Crippen molar-refractivity contribution in [2.45, 2.75) is 0 Å². The molecular weight excluding hydrogens is 265 g/mol. The molecule has 5 nitrogen and oxygen atoms in total. The molecule has 2 heterocycles. The van der Waals surface area contributed by atoms with Gasteiger partial charge in [-0.2, -0.15) is 5.06 Å². The topological polar surface area (TPSA) is 56.7 Å². The molecule has 1 amide bonds. The van der Waals surface area contributed by atoms with Gasteiger partial charge in [-0.15, -0.1) is 0 Å². The van der Waals surface area contributed by atoms with Gasteiger partial charge in [0.05, 0.1) is 0 Å². The molecular formula is C10H11Cl2N3O2. The SMILES string of the molecule is O=C(c1cc(Cl)cc(Cl)n1)N1CCN(O)CC1. The van der Waals surface area contributed by atoms with Crippen molar-refractivity contribution < 1.29 is 10.0 Å². The smallest absolute Gasteiger partial charge is 0.272 e. The largest absolute Gasteiger partial charge is 0.335 e. The van der Waals surface area contributed by atoms with E-state index in [1.54, 1.807) is 4.90 Å². The second-order valence-corrected chi connectivity index (χ2v) is 4.56. The summed E-state index contributed by atoms with van der Waals surface area (Å²) in [6.07, 6.45) is 0. The van der Waals surface area contributed by atoms with Crippen molar-refractivity contribution >= 4 is 29.1 Å². The van der Waals surface area contributed by atoms with Gasteiger partial charge in [-0.05, 0) is 12.1 Å². The molecule has 0 saturated carbocycles. The maximum atomic E-state index is 12.1. The van der Waals surface area contributed by atoms with Gasteiger partial charge in [0.2, 0.25) is 0 Å². The first-order chi connectivity index (χ1) is 8.06. The minimum Gasteiger partial charge on any atom is -0.335 e. The Kier molecular flexibility index (Phi) is 3.83. The quantitative estimate of drug-likeness (QED) is 0.790. The number of carbonyl (C=O) groups is 1. The second kappa shape index (κ2) is 5.18. The first-order valence-electron chi connectivity index (χ1n) is 5.12. The Balaban J connectivity index is 2.14. The van der Waals surface area contributed by atoms with Crippen LogP contribution in [-0.2, 0) is 0 Å². The summed E-state index contributed by atoms with van der Waals surface area (Å²) in [7, 11) is 0. The molecule has 0 spiro atoms. The van der Waals surface area contributed by atoms with E-state index in [0.717, 1.165) is 0 Å². The second-order valence-electron chi connectivity index (χ2n) is 3.74. The highest BCUT2D eigenvalue weighted by Gasteiger charge is 2.22. The maximum absolute atomic E-state index is 12.1. The van der Waals surface area contributed by atoms with Gasteiger partial charge in [-0.3, -0.25) is 4.79 Å². The normalized spacial score (nSPS) is 17.2. The van der Waals surface area contributed by atoms with E-state index < -0.39 is 0 Å². The molecule has 1 aliphatic heterocycles. The number of pyridine rings is 1. The third kappa shape index (κ3) is 3.07. The zero-order chi connectivity index (χ0) is 12.4. The van der Waals surface area contributed by atoms with Gasteiger partial charge in [-0.1, -0.05) is 23.2 Å². The summed E-state index contributed by atoms with van der Waals surface area (Å²) in [5.41, 5.74) is 0.230. The number of hydrogen-bond donors (Lipinski definition) is 1. The highest BCUT2D eigenvalue weighted by Crippen LogP contribution is 2.17. The predicted octanol–water partition coefficient (Wildman–Crippen LogP) is 1.54. The van der Waals surface area contributed by atoms with E-state index in [1.165, 1.54) is 17.2 Å². The average molecular weight is 276 g/mol. The lowest BCUT2D eigenvalue weighted by Gasteiger charge is -2.30. The zero-order valence-electron chi connectivity index (χ0n) is 8.94. The molecule has 92 valence electrons. The number of rotatable bonds is 1. The Labute approximate surface area is 109 Å². The van der Waals surface area contributed by atoms with E-state index in [4.69, 9.17) is 23.2 Å². The third-order valence-electron chi connectivity index (χ3n) is 2.52. The minimum absolute atomic E-state index is 0.196. The van der Waals surface area contributed by atoms with Crippen molar-refractivity contribution in [3.63, 3.8) is 0 Å². The number of nitrogens with zero attached hydrogens (tertiary/aromatic N) is 3. The fourth-order valence-corrected chi connectivity index (χ4v) is 2.11. The molecule has 1 fully saturated rings. The van der Waals surface area contributed by atoms with E-state index in [1.807, 2.05) is 0 Å². The summed E-state index contributed by atoms with van der Waals surface area (Å²) in [6.45, 7) is 1.78. The molecule has 1 aliphatic rings. The Hall–Kier alpha value is -0.880. The van der Waals surface area contributed by atoms with E-state index in [0.29, 0.717) is 31.2 Å². The van der Waals surface area contributed by atoms with Crippen molar-refractivity contribution in [1.82, 2.24) is 14.9 Å². The van der Waals surface area contributed by atoms with Crippen LogP contribution in [0.25, 0.3) is 0 Å². The summed E-state index contributed by atoms with van der Waals surface area (Å²) < 4.78 is 0. The van der Waals surface area contributed by atoms with Gasteiger partial charge in [-0.25, -0.2) is 4.98 Å². The molecule has 0 radical (unpaired) electrons. The molecule has 2 rings (SSSR count). The lowest BCUT2D eigenvalue weighted by atomic mass is 10.3. The van der Waals surface area contributed by atoms with Crippen molar-refractivity contribution in [3.8, 4) is 0 Å². The van der Waals surface area contributed by atoms with E-state index >= 15 is 0 Å². The highest BCUT2D eigenvalue weighted by molar-refractivity contribution is 6.34. The van der Waals surface area contributed by atoms with Crippen molar-refractivity contribution in [3.05, 3.63) is 28.0 Å². The van der Waals surface area contributed by atoms with E-state index in [-0.39, 0.29) is 16.8 Å². The Bertz CT molecular complexity index is 413. The summed E-state index contributed by atoms with van der Waals surface area (Å²) in [5.74, 6) is -0.220. The minimum atomic E-state index is -0.220. The summed E-state index contributed by atoms with van der Waals surface area (Å²) in [5, 5.41) is 11.0. The first-order valence-corrected chi connectivity index (χ1v) is 5.88. The standard InChI is InChI=1S/C10H11Cl2N3O2/c11-7-5-8(13-9(12)6-7)10(16)14-1-3-15(17)4-2-14/h5-6,17H,1-4H2. The average Bonchev–Trinajstić information content (AvgIpc) is 2.28. The number of hydroxylamine groups is 2. The Morgan fingerprint density at radius 2 is 1.88 bits per heavy atom. The van der Waals surface area contributed by atoms with Crippen LogP contribution in [0.5, 0.6) is 0 Å². The maximum Gasteiger partial charge on any atom is 0.272 e. The fraction of sp³-hybridized carbons (Fsp3) is 0.400. The summed E-state index contributed by atoms with van der Waals surface area (Å²) >= 11 is 11.6. The fourth-order valence-electron chi connectivity index (χ4n) is 1.64. The molecule has 7 heteroatoms. The number of piperazine rings is 1. The third-order valence-corrected chi connectivity index (χ3v) is 2.93. The van der Waals surface area contributed by atoms with Crippen LogP contribution < -0.4 is 0 Å². The van der Waals surface area contributed by atoms with Crippen LogP contribution in [0.4, 0.5) is 0 Å². The molecule has 1 aromatic rings. The summed E-state index contributed by atoms with van der Waals surface area (Å²) in [6, 6.07) is 2.96.